The van der Waals surface area contributed by atoms with Crippen LogP contribution in [0, 0.1) is 24.2 Å². The summed E-state index contributed by atoms with van der Waals surface area (Å²) in [6.45, 7) is 6.28. The maximum atomic E-state index is 12.7. The molecule has 1 aliphatic heterocycles. The predicted octanol–water partition coefficient (Wildman–Crippen LogP) is 2.71. The summed E-state index contributed by atoms with van der Waals surface area (Å²) in [5.74, 6) is 0.997. The second-order valence-electron chi connectivity index (χ2n) is 9.57. The number of nitriles is 1. The number of ether oxygens (including phenoxy) is 1. The molecule has 0 unspecified atom stereocenters. The van der Waals surface area contributed by atoms with Crippen molar-refractivity contribution in [2.75, 3.05) is 18.4 Å². The zero-order valence-corrected chi connectivity index (χ0v) is 20.8. The SMILES string of the molecule is Cc1cc(C#N)ncc1Oc1cc(Nc2ccc(C(=O)N3CC(C(C)(C)O)C3)nn2)c2ncn(C)c2n1. The molecule has 1 fully saturated rings. The molecule has 12 heteroatoms. The van der Waals surface area contributed by atoms with E-state index in [0.29, 0.717) is 53.1 Å². The Hall–Kier alpha value is -4.63. The number of anilines is 2. The molecule has 0 bridgehead atoms. The number of amides is 1. The highest BCUT2D eigenvalue weighted by molar-refractivity contribution is 5.93. The Bertz CT molecular complexity index is 1530. The number of carbonyl (C=O) groups excluding carboxylic acids is 1. The van der Waals surface area contributed by atoms with E-state index in [9.17, 15) is 9.90 Å². The largest absolute Gasteiger partial charge is 0.437 e. The number of likely N-dealkylation sites (tertiary alicyclic amines) is 1. The normalized spacial score (nSPS) is 13.8. The van der Waals surface area contributed by atoms with Crippen LogP contribution in [0.2, 0.25) is 0 Å². The molecule has 0 spiro atoms. The van der Waals surface area contributed by atoms with E-state index in [0.717, 1.165) is 5.56 Å². The standard InChI is InChI=1S/C25H25N9O3/c1-14-7-16(9-26)27-10-19(14)37-21-8-18(22-23(30-21)33(4)13-28-22)29-20-6-5-17(31-32-20)24(35)34-11-15(12-34)25(2,3)36/h5-8,10,13,15,36H,11-12H2,1-4H3,(H,29,30,32). The van der Waals surface area contributed by atoms with Crippen molar-refractivity contribution in [1.29, 1.82) is 5.26 Å². The smallest absolute Gasteiger partial charge is 0.274 e. The molecule has 4 aromatic heterocycles. The van der Waals surface area contributed by atoms with Crippen molar-refractivity contribution in [2.45, 2.75) is 26.4 Å². The second kappa shape index (κ2) is 9.11. The minimum absolute atomic E-state index is 0.0399. The summed E-state index contributed by atoms with van der Waals surface area (Å²) in [5.41, 5.74) is 2.22. The Labute approximate surface area is 212 Å². The average molecular weight is 500 g/mol. The first kappa shape index (κ1) is 24.1. The number of pyridine rings is 2. The van der Waals surface area contributed by atoms with Gasteiger partial charge in [-0.05, 0) is 44.5 Å². The predicted molar refractivity (Wildman–Crippen MR) is 133 cm³/mol. The van der Waals surface area contributed by atoms with Gasteiger partial charge in [0.1, 0.15) is 17.3 Å². The summed E-state index contributed by atoms with van der Waals surface area (Å²) in [6, 6.07) is 8.60. The average Bonchev–Trinajstić information content (AvgIpc) is 3.20. The first-order valence-corrected chi connectivity index (χ1v) is 11.6. The fourth-order valence-corrected chi connectivity index (χ4v) is 3.95. The van der Waals surface area contributed by atoms with Gasteiger partial charge in [-0.2, -0.15) is 10.2 Å². The fraction of sp³-hybridized carbons (Fsp3) is 0.320. The molecule has 188 valence electrons. The summed E-state index contributed by atoms with van der Waals surface area (Å²) in [4.78, 5) is 27.4. The van der Waals surface area contributed by atoms with E-state index in [1.54, 1.807) is 53.9 Å². The molecule has 1 amide bonds. The van der Waals surface area contributed by atoms with E-state index in [2.05, 4.69) is 30.5 Å². The summed E-state index contributed by atoms with van der Waals surface area (Å²) < 4.78 is 7.74. The number of nitrogens with one attached hydrogen (secondary N) is 1. The lowest BCUT2D eigenvalue weighted by Gasteiger charge is -2.44. The number of imidazole rings is 1. The van der Waals surface area contributed by atoms with Crippen LogP contribution in [0.3, 0.4) is 0 Å². The topological polar surface area (TPSA) is 155 Å². The summed E-state index contributed by atoms with van der Waals surface area (Å²) in [6.07, 6.45) is 3.13. The maximum Gasteiger partial charge on any atom is 0.274 e. The van der Waals surface area contributed by atoms with Crippen molar-refractivity contribution in [3.05, 3.63) is 53.7 Å². The van der Waals surface area contributed by atoms with Crippen molar-refractivity contribution in [1.82, 2.24) is 34.6 Å². The molecule has 0 radical (unpaired) electrons. The van der Waals surface area contributed by atoms with E-state index < -0.39 is 5.60 Å². The molecule has 1 aliphatic rings. The van der Waals surface area contributed by atoms with E-state index in [-0.39, 0.29) is 17.5 Å². The first-order valence-electron chi connectivity index (χ1n) is 11.6. The third kappa shape index (κ3) is 4.76. The number of hydrogen-bond donors (Lipinski definition) is 2. The molecule has 12 nitrogen and oxygen atoms in total. The lowest BCUT2D eigenvalue weighted by molar-refractivity contribution is -0.0509. The maximum absolute atomic E-state index is 12.7. The third-order valence-electron chi connectivity index (χ3n) is 6.35. The van der Waals surface area contributed by atoms with Crippen molar-refractivity contribution in [3.63, 3.8) is 0 Å². The monoisotopic (exact) mass is 499 g/mol. The molecule has 2 N–H and O–H groups in total. The number of fused-ring (bicyclic) bond motifs is 1. The van der Waals surface area contributed by atoms with Crippen molar-refractivity contribution in [2.24, 2.45) is 13.0 Å². The van der Waals surface area contributed by atoms with Gasteiger partial charge < -0.3 is 24.6 Å². The number of aryl methyl sites for hydroxylation is 2. The Kier molecular flexibility index (Phi) is 5.93. The van der Waals surface area contributed by atoms with Gasteiger partial charge in [0.2, 0.25) is 5.88 Å². The van der Waals surface area contributed by atoms with Gasteiger partial charge in [-0.15, -0.1) is 10.2 Å². The third-order valence-corrected chi connectivity index (χ3v) is 6.35. The molecule has 4 aromatic rings. The van der Waals surface area contributed by atoms with Gasteiger partial charge in [0.25, 0.3) is 5.91 Å². The molecule has 37 heavy (non-hydrogen) atoms. The fourth-order valence-electron chi connectivity index (χ4n) is 3.95. The summed E-state index contributed by atoms with van der Waals surface area (Å²) in [7, 11) is 1.82. The number of aromatic nitrogens is 6. The lowest BCUT2D eigenvalue weighted by atomic mass is 9.84. The Morgan fingerprint density at radius 1 is 1.24 bits per heavy atom. The number of rotatable bonds is 6. The zero-order valence-electron chi connectivity index (χ0n) is 20.8. The van der Waals surface area contributed by atoms with Crippen LogP contribution < -0.4 is 10.1 Å². The number of carbonyl (C=O) groups is 1. The highest BCUT2D eigenvalue weighted by atomic mass is 16.5. The van der Waals surface area contributed by atoms with E-state index >= 15 is 0 Å². The molecule has 0 atom stereocenters. The molecular weight excluding hydrogens is 474 g/mol. The first-order chi connectivity index (χ1) is 17.6. The van der Waals surface area contributed by atoms with Gasteiger partial charge in [-0.3, -0.25) is 4.79 Å². The minimum Gasteiger partial charge on any atom is -0.437 e. The molecule has 5 rings (SSSR count). The van der Waals surface area contributed by atoms with Gasteiger partial charge in [0, 0.05) is 32.1 Å². The number of hydrogen-bond acceptors (Lipinski definition) is 10. The minimum atomic E-state index is -0.824. The molecule has 0 aliphatic carbocycles. The van der Waals surface area contributed by atoms with Crippen LogP contribution in [0.15, 0.2) is 36.8 Å². The quantitative estimate of drug-likeness (QED) is 0.404. The summed E-state index contributed by atoms with van der Waals surface area (Å²) in [5, 5.41) is 30.6. The van der Waals surface area contributed by atoms with Crippen LogP contribution in [0.1, 0.15) is 35.6 Å². The van der Waals surface area contributed by atoms with Gasteiger partial charge >= 0.3 is 0 Å². The van der Waals surface area contributed by atoms with Crippen LogP contribution in [-0.2, 0) is 7.05 Å². The van der Waals surface area contributed by atoms with Crippen molar-refractivity contribution < 1.29 is 14.6 Å². The molecule has 0 aromatic carbocycles. The van der Waals surface area contributed by atoms with Gasteiger partial charge in [-0.25, -0.2) is 9.97 Å². The summed E-state index contributed by atoms with van der Waals surface area (Å²) >= 11 is 0. The van der Waals surface area contributed by atoms with E-state index in [1.807, 2.05) is 20.0 Å². The Morgan fingerprint density at radius 2 is 2.03 bits per heavy atom. The Balaban J connectivity index is 1.36. The van der Waals surface area contributed by atoms with Crippen LogP contribution in [-0.4, -0.2) is 64.3 Å². The molecule has 1 saturated heterocycles. The van der Waals surface area contributed by atoms with Gasteiger partial charge in [0.05, 0.1) is 23.8 Å². The van der Waals surface area contributed by atoms with Crippen LogP contribution in [0.25, 0.3) is 11.2 Å². The lowest BCUT2D eigenvalue weighted by Crippen LogP contribution is -2.57. The molecular formula is C25H25N9O3. The highest BCUT2D eigenvalue weighted by Gasteiger charge is 2.40. The van der Waals surface area contributed by atoms with Gasteiger partial charge in [-0.1, -0.05) is 0 Å². The van der Waals surface area contributed by atoms with E-state index in [4.69, 9.17) is 10.00 Å². The molecule has 5 heterocycles. The van der Waals surface area contributed by atoms with Crippen LogP contribution in [0.5, 0.6) is 11.6 Å². The number of nitrogens with zero attached hydrogens (tertiary/aromatic N) is 8. The second-order valence-corrected chi connectivity index (χ2v) is 9.57. The van der Waals surface area contributed by atoms with E-state index in [1.165, 1.54) is 6.20 Å². The van der Waals surface area contributed by atoms with Crippen molar-refractivity contribution in [3.8, 4) is 17.7 Å². The zero-order chi connectivity index (χ0) is 26.3. The number of aliphatic hydroxyl groups is 1. The molecule has 0 saturated carbocycles. The van der Waals surface area contributed by atoms with Crippen molar-refractivity contribution >= 4 is 28.6 Å². The van der Waals surface area contributed by atoms with Crippen LogP contribution in [0.4, 0.5) is 11.5 Å². The highest BCUT2D eigenvalue weighted by Crippen LogP contribution is 2.31. The van der Waals surface area contributed by atoms with Gasteiger partial charge in [0.15, 0.2) is 22.9 Å². The Morgan fingerprint density at radius 3 is 2.68 bits per heavy atom. The van der Waals surface area contributed by atoms with Crippen LogP contribution >= 0.6 is 0 Å².